The zero-order chi connectivity index (χ0) is 10.4. The lowest BCUT2D eigenvalue weighted by Crippen LogP contribution is -2.42. The van der Waals surface area contributed by atoms with Crippen molar-refractivity contribution in [2.75, 3.05) is 7.11 Å². The molecule has 0 aromatic heterocycles. The Hall–Kier alpha value is -0.546. The van der Waals surface area contributed by atoms with Crippen LogP contribution >= 0.6 is 0 Å². The Balaban J connectivity index is 2.29. The highest BCUT2D eigenvalue weighted by molar-refractivity contribution is 6.51. The van der Waals surface area contributed by atoms with E-state index in [-0.39, 0.29) is 0 Å². The fraction of sp³-hybridized carbons (Fsp3) is 0.143. The Bertz CT molecular complexity index is 266. The highest BCUT2D eigenvalue weighted by Gasteiger charge is 2.36. The molecular formula is C7H12O5Si2. The summed E-state index contributed by atoms with van der Waals surface area (Å²) in [7, 11) is -3.95. The summed E-state index contributed by atoms with van der Waals surface area (Å²) in [6.45, 7) is 0. The topological polar surface area (TPSA) is 68.2 Å². The molecule has 0 aliphatic rings. The smallest absolute Gasteiger partial charge is 0.366 e. The van der Waals surface area contributed by atoms with Gasteiger partial charge in [-0.05, 0) is 5.19 Å². The molecule has 7 heteroatoms. The molecule has 5 nitrogen and oxygen atoms in total. The SMILES string of the molecule is CO[Si](O)(O)OO[SiH2]c1ccccc1. The van der Waals surface area contributed by atoms with Crippen LogP contribution in [0.15, 0.2) is 30.3 Å². The van der Waals surface area contributed by atoms with E-state index in [0.717, 1.165) is 12.3 Å². The summed E-state index contributed by atoms with van der Waals surface area (Å²) in [6, 6.07) is 9.43. The van der Waals surface area contributed by atoms with E-state index in [2.05, 4.69) is 9.00 Å². The Morgan fingerprint density at radius 2 is 1.86 bits per heavy atom. The summed E-state index contributed by atoms with van der Waals surface area (Å²) in [5.74, 6) is 0. The van der Waals surface area contributed by atoms with Gasteiger partial charge in [-0.1, -0.05) is 30.3 Å². The lowest BCUT2D eigenvalue weighted by Gasteiger charge is -2.12. The maximum atomic E-state index is 8.95. The Morgan fingerprint density at radius 3 is 2.43 bits per heavy atom. The molecule has 0 fully saturated rings. The molecule has 0 unspecified atom stereocenters. The second-order valence-electron chi connectivity index (χ2n) is 2.58. The van der Waals surface area contributed by atoms with Crippen LogP contribution in [0.4, 0.5) is 0 Å². The fourth-order valence-electron chi connectivity index (χ4n) is 0.783. The normalized spacial score (nSPS) is 12.5. The third-order valence-corrected chi connectivity index (χ3v) is 3.64. The van der Waals surface area contributed by atoms with Crippen LogP contribution in [-0.4, -0.2) is 35.5 Å². The molecule has 0 aliphatic heterocycles. The molecule has 1 aromatic rings. The average molecular weight is 232 g/mol. The molecule has 0 spiro atoms. The first-order valence-electron chi connectivity index (χ1n) is 3.98. The molecule has 0 saturated heterocycles. The third kappa shape index (κ3) is 4.11. The minimum absolute atomic E-state index is 1.01. The number of rotatable bonds is 5. The van der Waals surface area contributed by atoms with E-state index in [1.165, 1.54) is 0 Å². The fourth-order valence-corrected chi connectivity index (χ4v) is 2.30. The van der Waals surface area contributed by atoms with Gasteiger partial charge in [0.2, 0.25) is 9.76 Å². The third-order valence-electron chi connectivity index (χ3n) is 1.50. The standard InChI is InChI=1S/C7H12O5Si2/c1-10-14(8,9)12-11-13-7-5-3-2-4-6-7/h2-6,8-9H,13H2,1H3. The van der Waals surface area contributed by atoms with Crippen molar-refractivity contribution in [3.63, 3.8) is 0 Å². The Morgan fingerprint density at radius 1 is 1.21 bits per heavy atom. The first-order valence-corrected chi connectivity index (χ1v) is 6.98. The van der Waals surface area contributed by atoms with Gasteiger partial charge in [-0.2, -0.15) is 0 Å². The lowest BCUT2D eigenvalue weighted by atomic mass is 10.4. The quantitative estimate of drug-likeness (QED) is 0.364. The van der Waals surface area contributed by atoms with Crippen LogP contribution in [0.3, 0.4) is 0 Å². The van der Waals surface area contributed by atoms with Crippen LogP contribution in [0.25, 0.3) is 0 Å². The minimum atomic E-state index is -4.02. The highest BCUT2D eigenvalue weighted by Crippen LogP contribution is 1.95. The van der Waals surface area contributed by atoms with Gasteiger partial charge in [0.25, 0.3) is 0 Å². The van der Waals surface area contributed by atoms with Crippen molar-refractivity contribution >= 4 is 24.0 Å². The molecule has 0 saturated carbocycles. The molecule has 1 aromatic carbocycles. The van der Waals surface area contributed by atoms with Gasteiger partial charge in [-0.25, -0.2) is 4.58 Å². The first-order chi connectivity index (χ1) is 6.64. The van der Waals surface area contributed by atoms with Crippen molar-refractivity contribution in [2.24, 2.45) is 0 Å². The summed E-state index contributed by atoms with van der Waals surface area (Å²) < 4.78 is 13.4. The number of hydrogen-bond donors (Lipinski definition) is 2. The van der Waals surface area contributed by atoms with E-state index in [4.69, 9.17) is 14.2 Å². The zero-order valence-corrected chi connectivity index (χ0v) is 10.1. The zero-order valence-electron chi connectivity index (χ0n) is 7.71. The number of benzene rings is 1. The Kier molecular flexibility index (Phi) is 4.42. The molecule has 0 radical (unpaired) electrons. The second-order valence-corrected chi connectivity index (χ2v) is 5.60. The molecule has 0 amide bonds. The van der Waals surface area contributed by atoms with E-state index in [1.807, 2.05) is 30.3 Å². The van der Waals surface area contributed by atoms with Crippen LogP contribution in [0.5, 0.6) is 0 Å². The van der Waals surface area contributed by atoms with E-state index in [9.17, 15) is 0 Å². The van der Waals surface area contributed by atoms with Crippen molar-refractivity contribution < 1.29 is 23.2 Å². The Labute approximate surface area is 85.2 Å². The van der Waals surface area contributed by atoms with Crippen molar-refractivity contribution in [3.8, 4) is 0 Å². The van der Waals surface area contributed by atoms with E-state index >= 15 is 0 Å². The first kappa shape index (κ1) is 11.5. The number of hydrogen-bond acceptors (Lipinski definition) is 5. The van der Waals surface area contributed by atoms with Gasteiger partial charge >= 0.3 is 9.05 Å². The molecule has 0 atom stereocenters. The van der Waals surface area contributed by atoms with Crippen molar-refractivity contribution in [1.29, 1.82) is 0 Å². The van der Waals surface area contributed by atoms with Gasteiger partial charge in [0.15, 0.2) is 0 Å². The molecule has 1 rings (SSSR count). The van der Waals surface area contributed by atoms with Crippen LogP contribution < -0.4 is 5.19 Å². The predicted molar refractivity (Wildman–Crippen MR) is 54.0 cm³/mol. The van der Waals surface area contributed by atoms with E-state index < -0.39 is 18.8 Å². The summed E-state index contributed by atoms with van der Waals surface area (Å²) in [5, 5.41) is 1.01. The van der Waals surface area contributed by atoms with Crippen LogP contribution in [-0.2, 0) is 13.6 Å². The van der Waals surface area contributed by atoms with Crippen molar-refractivity contribution in [2.45, 2.75) is 0 Å². The van der Waals surface area contributed by atoms with Crippen LogP contribution in [0.2, 0.25) is 0 Å². The van der Waals surface area contributed by atoms with E-state index in [0.29, 0.717) is 0 Å². The van der Waals surface area contributed by atoms with Gasteiger partial charge in [0, 0.05) is 7.11 Å². The van der Waals surface area contributed by atoms with Crippen LogP contribution in [0.1, 0.15) is 0 Å². The summed E-state index contributed by atoms with van der Waals surface area (Å²) >= 11 is 0. The molecule has 0 bridgehead atoms. The molecule has 78 valence electrons. The van der Waals surface area contributed by atoms with Crippen molar-refractivity contribution in [1.82, 2.24) is 0 Å². The predicted octanol–water partition coefficient (Wildman–Crippen LogP) is -1.59. The summed E-state index contributed by atoms with van der Waals surface area (Å²) in [4.78, 5) is 17.9. The van der Waals surface area contributed by atoms with Gasteiger partial charge < -0.3 is 14.0 Å². The summed E-state index contributed by atoms with van der Waals surface area (Å²) in [6.07, 6.45) is 0. The monoisotopic (exact) mass is 232 g/mol. The van der Waals surface area contributed by atoms with E-state index in [1.54, 1.807) is 0 Å². The lowest BCUT2D eigenvalue weighted by molar-refractivity contribution is -0.181. The largest absolute Gasteiger partial charge is 0.701 e. The molecule has 0 aliphatic carbocycles. The maximum Gasteiger partial charge on any atom is 0.701 e. The highest BCUT2D eigenvalue weighted by atomic mass is 28.4. The maximum absolute atomic E-state index is 8.95. The summed E-state index contributed by atoms with van der Waals surface area (Å²) in [5.41, 5.74) is 0. The average Bonchev–Trinajstić information content (AvgIpc) is 2.19. The van der Waals surface area contributed by atoms with Gasteiger partial charge in [0.05, 0.1) is 0 Å². The van der Waals surface area contributed by atoms with Crippen LogP contribution in [0, 0.1) is 0 Å². The molecular weight excluding hydrogens is 220 g/mol. The van der Waals surface area contributed by atoms with Gasteiger partial charge in [-0.15, -0.1) is 0 Å². The molecule has 2 N–H and O–H groups in total. The second kappa shape index (κ2) is 5.36. The molecule has 0 heterocycles. The molecule has 14 heavy (non-hydrogen) atoms. The van der Waals surface area contributed by atoms with Gasteiger partial charge in [0.1, 0.15) is 0 Å². The van der Waals surface area contributed by atoms with Gasteiger partial charge in [-0.3, -0.25) is 4.58 Å². The minimum Gasteiger partial charge on any atom is -0.366 e. The van der Waals surface area contributed by atoms with Crippen molar-refractivity contribution in [3.05, 3.63) is 30.3 Å².